The number of aryl methyl sites for hydroxylation is 1. The molecule has 2 aromatic heterocycles. The van der Waals surface area contributed by atoms with Crippen LogP contribution < -0.4 is 0 Å². The number of halogens is 1. The molecule has 0 saturated heterocycles. The molecule has 25 heavy (non-hydrogen) atoms. The molecule has 4 aromatic rings. The van der Waals surface area contributed by atoms with Crippen LogP contribution in [0.1, 0.15) is 11.3 Å². The molecule has 4 rings (SSSR count). The first kappa shape index (κ1) is 15.7. The average Bonchev–Trinajstić information content (AvgIpc) is 3.23. The minimum absolute atomic E-state index is 0.360. The second-order valence-corrected chi connectivity index (χ2v) is 6.57. The van der Waals surface area contributed by atoms with E-state index in [0.717, 1.165) is 27.0 Å². The van der Waals surface area contributed by atoms with Crippen molar-refractivity contribution in [2.75, 3.05) is 0 Å². The Kier molecular flexibility index (Phi) is 3.93. The number of benzene rings is 2. The van der Waals surface area contributed by atoms with Crippen LogP contribution in [0.15, 0.2) is 57.5 Å². The Balaban J connectivity index is 1.72. The Bertz CT molecular complexity index is 1040. The van der Waals surface area contributed by atoms with E-state index in [1.54, 1.807) is 4.68 Å². The van der Waals surface area contributed by atoms with Gasteiger partial charge in [0.05, 0.1) is 11.4 Å². The van der Waals surface area contributed by atoms with E-state index in [2.05, 4.69) is 36.4 Å². The van der Waals surface area contributed by atoms with Gasteiger partial charge in [0.25, 0.3) is 5.89 Å². The van der Waals surface area contributed by atoms with E-state index >= 15 is 0 Å². The molecule has 6 nitrogen and oxygen atoms in total. The van der Waals surface area contributed by atoms with Crippen molar-refractivity contribution < 1.29 is 4.52 Å². The van der Waals surface area contributed by atoms with Gasteiger partial charge in [0.2, 0.25) is 5.82 Å². The molecule has 0 unspecified atom stereocenters. The number of hydrogen-bond acceptors (Lipinski definition) is 5. The Hall–Kier alpha value is -2.80. The molecule has 0 spiro atoms. The topological polar surface area (TPSA) is 69.6 Å². The Morgan fingerprint density at radius 3 is 2.52 bits per heavy atom. The molecule has 124 valence electrons. The average molecular weight is 396 g/mol. The summed E-state index contributed by atoms with van der Waals surface area (Å²) >= 11 is 3.43. The van der Waals surface area contributed by atoms with Crippen molar-refractivity contribution in [3.63, 3.8) is 0 Å². The fourth-order valence-electron chi connectivity index (χ4n) is 2.61. The minimum atomic E-state index is 0.360. The zero-order valence-electron chi connectivity index (χ0n) is 13.6. The summed E-state index contributed by atoms with van der Waals surface area (Å²) in [6.45, 7) is 3.94. The van der Waals surface area contributed by atoms with E-state index < -0.39 is 0 Å². The fraction of sp³-hybridized carbons (Fsp3) is 0.111. The predicted octanol–water partition coefficient (Wildman–Crippen LogP) is 4.36. The van der Waals surface area contributed by atoms with E-state index in [1.165, 1.54) is 0 Å². The minimum Gasteiger partial charge on any atom is -0.332 e. The van der Waals surface area contributed by atoms with Gasteiger partial charge in [0.15, 0.2) is 5.69 Å². The zero-order chi connectivity index (χ0) is 17.4. The monoisotopic (exact) mass is 395 g/mol. The van der Waals surface area contributed by atoms with Gasteiger partial charge in [0.1, 0.15) is 0 Å². The molecule has 0 aliphatic carbocycles. The molecule has 0 amide bonds. The van der Waals surface area contributed by atoms with Crippen molar-refractivity contribution in [3.05, 3.63) is 64.3 Å². The van der Waals surface area contributed by atoms with Gasteiger partial charge in [-0.3, -0.25) is 0 Å². The molecule has 7 heteroatoms. The van der Waals surface area contributed by atoms with Gasteiger partial charge in [0, 0.05) is 10.0 Å². The summed E-state index contributed by atoms with van der Waals surface area (Å²) in [4.78, 5) is 4.49. The molecule has 0 radical (unpaired) electrons. The fourth-order valence-corrected chi connectivity index (χ4v) is 2.87. The smallest absolute Gasteiger partial charge is 0.280 e. The van der Waals surface area contributed by atoms with Gasteiger partial charge in [-0.05, 0) is 43.7 Å². The summed E-state index contributed by atoms with van der Waals surface area (Å²) in [6.07, 6.45) is 0. The van der Waals surface area contributed by atoms with Crippen LogP contribution >= 0.6 is 15.9 Å². The maximum absolute atomic E-state index is 5.42. The van der Waals surface area contributed by atoms with Gasteiger partial charge in [-0.1, -0.05) is 50.6 Å². The third-order valence-electron chi connectivity index (χ3n) is 3.98. The number of rotatable bonds is 3. The third-order valence-corrected chi connectivity index (χ3v) is 4.51. The van der Waals surface area contributed by atoms with Gasteiger partial charge < -0.3 is 4.52 Å². The number of hydrogen-bond donors (Lipinski definition) is 0. The highest BCUT2D eigenvalue weighted by atomic mass is 79.9. The molecule has 2 aromatic carbocycles. The van der Waals surface area contributed by atoms with Gasteiger partial charge >= 0.3 is 0 Å². The zero-order valence-corrected chi connectivity index (χ0v) is 15.2. The van der Waals surface area contributed by atoms with Crippen molar-refractivity contribution in [1.29, 1.82) is 0 Å². The lowest BCUT2D eigenvalue weighted by Gasteiger charge is -2.02. The molecular formula is C18H14BrN5O. The Morgan fingerprint density at radius 1 is 1.00 bits per heavy atom. The maximum atomic E-state index is 5.42. The Morgan fingerprint density at radius 2 is 1.76 bits per heavy atom. The molecule has 0 bridgehead atoms. The molecule has 2 heterocycles. The first-order valence-electron chi connectivity index (χ1n) is 7.72. The van der Waals surface area contributed by atoms with Crippen LogP contribution in [0, 0.1) is 13.8 Å². The van der Waals surface area contributed by atoms with E-state index in [4.69, 9.17) is 4.52 Å². The van der Waals surface area contributed by atoms with E-state index in [-0.39, 0.29) is 0 Å². The molecule has 0 aliphatic heterocycles. The second-order valence-electron chi connectivity index (χ2n) is 5.65. The van der Waals surface area contributed by atoms with E-state index in [0.29, 0.717) is 17.4 Å². The third kappa shape index (κ3) is 2.87. The molecule has 0 aliphatic rings. The summed E-state index contributed by atoms with van der Waals surface area (Å²) < 4.78 is 8.18. The van der Waals surface area contributed by atoms with Gasteiger partial charge in [-0.15, -0.1) is 5.10 Å². The number of aromatic nitrogens is 5. The van der Waals surface area contributed by atoms with Crippen LogP contribution in [0.3, 0.4) is 0 Å². The maximum Gasteiger partial charge on any atom is 0.280 e. The van der Waals surface area contributed by atoms with Crippen molar-refractivity contribution in [2.24, 2.45) is 0 Å². The highest BCUT2D eigenvalue weighted by Gasteiger charge is 2.19. The lowest BCUT2D eigenvalue weighted by molar-refractivity contribution is 0.430. The van der Waals surface area contributed by atoms with Crippen molar-refractivity contribution in [1.82, 2.24) is 25.1 Å². The summed E-state index contributed by atoms with van der Waals surface area (Å²) in [5.41, 5.74) is 4.36. The van der Waals surface area contributed by atoms with Crippen molar-refractivity contribution in [2.45, 2.75) is 13.8 Å². The van der Waals surface area contributed by atoms with Crippen LogP contribution in [0.5, 0.6) is 0 Å². The van der Waals surface area contributed by atoms with Crippen molar-refractivity contribution >= 4 is 15.9 Å². The normalized spacial score (nSPS) is 11.0. The van der Waals surface area contributed by atoms with Crippen LogP contribution in [0.2, 0.25) is 0 Å². The summed E-state index contributed by atoms with van der Waals surface area (Å²) in [5.74, 6) is 0.907. The first-order valence-corrected chi connectivity index (χ1v) is 8.51. The second kappa shape index (κ2) is 6.25. The molecule has 0 fully saturated rings. The number of nitrogens with zero attached hydrogens (tertiary/aromatic N) is 5. The molecule has 0 saturated carbocycles. The quantitative estimate of drug-likeness (QED) is 0.515. The standard InChI is InChI=1S/C18H14BrN5O/c1-11-5-3-4-6-15(11)17-20-18(25-22-17)16-12(2)24(23-21-16)14-9-7-13(19)8-10-14/h3-10H,1-2H3. The SMILES string of the molecule is Cc1ccccc1-c1noc(-c2nnn(-c3ccc(Br)cc3)c2C)n1. The highest BCUT2D eigenvalue weighted by Crippen LogP contribution is 2.26. The summed E-state index contributed by atoms with van der Waals surface area (Å²) in [6, 6.07) is 15.7. The lowest BCUT2D eigenvalue weighted by atomic mass is 10.1. The van der Waals surface area contributed by atoms with E-state index in [1.807, 2.05) is 62.4 Å². The first-order chi connectivity index (χ1) is 12.1. The molecular weight excluding hydrogens is 382 g/mol. The van der Waals surface area contributed by atoms with Gasteiger partial charge in [-0.25, -0.2) is 4.68 Å². The van der Waals surface area contributed by atoms with Crippen molar-refractivity contribution in [3.8, 4) is 28.7 Å². The lowest BCUT2D eigenvalue weighted by Crippen LogP contribution is -1.98. The van der Waals surface area contributed by atoms with Crippen LogP contribution in [-0.4, -0.2) is 25.1 Å². The molecule has 0 N–H and O–H groups in total. The molecule has 0 atom stereocenters. The van der Waals surface area contributed by atoms with Gasteiger partial charge in [-0.2, -0.15) is 4.98 Å². The predicted molar refractivity (Wildman–Crippen MR) is 97.3 cm³/mol. The van der Waals surface area contributed by atoms with E-state index in [9.17, 15) is 0 Å². The summed E-state index contributed by atoms with van der Waals surface area (Å²) in [5, 5.41) is 12.5. The van der Waals surface area contributed by atoms with Crippen LogP contribution in [0.4, 0.5) is 0 Å². The largest absolute Gasteiger partial charge is 0.332 e. The van der Waals surface area contributed by atoms with Crippen LogP contribution in [0.25, 0.3) is 28.7 Å². The summed E-state index contributed by atoms with van der Waals surface area (Å²) in [7, 11) is 0. The highest BCUT2D eigenvalue weighted by molar-refractivity contribution is 9.10. The van der Waals surface area contributed by atoms with Crippen LogP contribution in [-0.2, 0) is 0 Å². The Labute approximate surface area is 152 Å².